The number of thiophene rings is 1. The van der Waals surface area contributed by atoms with Crippen LogP contribution in [0.15, 0.2) is 11.4 Å². The number of nitrogens with one attached hydrogen (secondary N) is 1. The SMILES string of the molecule is CNC(=O)c1csc2c(C(F)(F)F)cc(C3CC4(C3)CN(C(=O)OCCOC(F)(F)F)C4)nc12. The van der Waals surface area contributed by atoms with Gasteiger partial charge in [-0.05, 0) is 18.9 Å². The van der Waals surface area contributed by atoms with Crippen molar-refractivity contribution in [1.29, 1.82) is 0 Å². The normalized spacial score (nSPS) is 18.0. The van der Waals surface area contributed by atoms with Crippen LogP contribution in [0.3, 0.4) is 0 Å². The van der Waals surface area contributed by atoms with Crippen LogP contribution in [0.2, 0.25) is 0 Å². The van der Waals surface area contributed by atoms with Crippen LogP contribution in [-0.4, -0.2) is 61.6 Å². The summed E-state index contributed by atoms with van der Waals surface area (Å²) >= 11 is 0.813. The highest BCUT2D eigenvalue weighted by Crippen LogP contribution is 2.56. The van der Waals surface area contributed by atoms with E-state index in [1.807, 2.05) is 0 Å². The molecule has 0 aromatic carbocycles. The Hall–Kier alpha value is -2.61. The van der Waals surface area contributed by atoms with Crippen LogP contribution in [0.1, 0.15) is 40.4 Å². The first-order valence-corrected chi connectivity index (χ1v) is 11.0. The van der Waals surface area contributed by atoms with Gasteiger partial charge in [0.05, 0.1) is 28.0 Å². The third kappa shape index (κ3) is 4.78. The molecular formula is C20H19F6N3O4S. The van der Waals surface area contributed by atoms with Gasteiger partial charge in [0, 0.05) is 42.5 Å². The molecule has 0 unspecified atom stereocenters. The average molecular weight is 511 g/mol. The lowest BCUT2D eigenvalue weighted by Crippen LogP contribution is -2.63. The largest absolute Gasteiger partial charge is 0.522 e. The third-order valence-electron chi connectivity index (χ3n) is 5.98. The number of rotatable bonds is 5. The van der Waals surface area contributed by atoms with Crippen molar-refractivity contribution in [2.45, 2.75) is 31.3 Å². The van der Waals surface area contributed by atoms with E-state index in [0.717, 1.165) is 17.4 Å². The van der Waals surface area contributed by atoms with Crippen molar-refractivity contribution in [2.75, 3.05) is 33.4 Å². The maximum absolute atomic E-state index is 13.7. The summed E-state index contributed by atoms with van der Waals surface area (Å²) in [6.45, 7) is -0.785. The molecule has 0 bridgehead atoms. The molecule has 2 aliphatic rings. The number of pyridine rings is 1. The van der Waals surface area contributed by atoms with Gasteiger partial charge in [0.25, 0.3) is 5.91 Å². The number of halogens is 6. The molecule has 2 aromatic rings. The number of alkyl halides is 6. The zero-order valence-electron chi connectivity index (χ0n) is 17.7. The van der Waals surface area contributed by atoms with Crippen molar-refractivity contribution in [3.05, 3.63) is 28.3 Å². The van der Waals surface area contributed by atoms with E-state index in [4.69, 9.17) is 4.74 Å². The lowest BCUT2D eigenvalue weighted by Gasteiger charge is -2.58. The molecule has 34 heavy (non-hydrogen) atoms. The maximum atomic E-state index is 13.7. The first-order valence-electron chi connectivity index (χ1n) is 10.2. The van der Waals surface area contributed by atoms with Crippen LogP contribution < -0.4 is 5.32 Å². The molecule has 1 aliphatic heterocycles. The first kappa shape index (κ1) is 24.5. The van der Waals surface area contributed by atoms with Gasteiger partial charge >= 0.3 is 18.6 Å². The maximum Gasteiger partial charge on any atom is 0.522 e. The highest BCUT2D eigenvalue weighted by atomic mass is 32.1. The summed E-state index contributed by atoms with van der Waals surface area (Å²) in [7, 11) is 1.38. The molecule has 7 nitrogen and oxygen atoms in total. The molecule has 1 saturated heterocycles. The molecule has 2 amide bonds. The average Bonchev–Trinajstić information content (AvgIpc) is 3.10. The molecule has 2 aromatic heterocycles. The number of nitrogens with zero attached hydrogens (tertiary/aromatic N) is 2. The standard InChI is InChI=1S/C20H19F6N3O4S/c1-27-16(30)11-7-34-15-12(19(21,22)23)4-13(28-14(11)15)10-5-18(6-10)8-29(9-18)17(31)32-2-3-33-20(24,25)26/h4,7,10H,2-3,5-6,8-9H2,1H3,(H,27,30). The number of hydrogen-bond acceptors (Lipinski definition) is 6. The summed E-state index contributed by atoms with van der Waals surface area (Å²) in [6, 6.07) is 1.02. The summed E-state index contributed by atoms with van der Waals surface area (Å²) in [4.78, 5) is 29.7. The van der Waals surface area contributed by atoms with Crippen LogP contribution >= 0.6 is 11.3 Å². The summed E-state index contributed by atoms with van der Waals surface area (Å²) in [5.74, 6) is -0.802. The molecule has 4 rings (SSSR count). The van der Waals surface area contributed by atoms with E-state index in [-0.39, 0.29) is 32.8 Å². The quantitative estimate of drug-likeness (QED) is 0.472. The topological polar surface area (TPSA) is 80.8 Å². The Morgan fingerprint density at radius 2 is 1.88 bits per heavy atom. The fourth-order valence-electron chi connectivity index (χ4n) is 4.47. The van der Waals surface area contributed by atoms with Gasteiger partial charge in [-0.2, -0.15) is 13.2 Å². The number of likely N-dealkylation sites (tertiary alicyclic amines) is 1. The van der Waals surface area contributed by atoms with E-state index in [9.17, 15) is 35.9 Å². The van der Waals surface area contributed by atoms with E-state index < -0.39 is 43.3 Å². The number of carbonyl (C=O) groups is 2. The number of hydrogen-bond donors (Lipinski definition) is 1. The van der Waals surface area contributed by atoms with Gasteiger partial charge in [0.2, 0.25) is 0 Å². The molecule has 1 spiro atoms. The van der Waals surface area contributed by atoms with Gasteiger partial charge in [-0.25, -0.2) is 4.79 Å². The minimum absolute atomic E-state index is 0.00927. The van der Waals surface area contributed by atoms with E-state index in [1.54, 1.807) is 0 Å². The number of carbonyl (C=O) groups excluding carboxylic acids is 2. The summed E-state index contributed by atoms with van der Waals surface area (Å²) < 4.78 is 85.0. The molecule has 186 valence electrons. The van der Waals surface area contributed by atoms with Crippen molar-refractivity contribution in [3.63, 3.8) is 0 Å². The van der Waals surface area contributed by atoms with E-state index in [2.05, 4.69) is 15.0 Å². The molecular weight excluding hydrogens is 492 g/mol. The van der Waals surface area contributed by atoms with Crippen LogP contribution in [0.25, 0.3) is 10.2 Å². The number of fused-ring (bicyclic) bond motifs is 1. The van der Waals surface area contributed by atoms with Gasteiger partial charge in [-0.1, -0.05) is 0 Å². The molecule has 1 saturated carbocycles. The molecule has 0 radical (unpaired) electrons. The predicted molar refractivity (Wildman–Crippen MR) is 107 cm³/mol. The Kier molecular flexibility index (Phi) is 6.17. The smallest absolute Gasteiger partial charge is 0.447 e. The van der Waals surface area contributed by atoms with Crippen LogP contribution in [0.4, 0.5) is 31.1 Å². The van der Waals surface area contributed by atoms with Crippen molar-refractivity contribution in [2.24, 2.45) is 5.41 Å². The minimum atomic E-state index is -4.80. The van der Waals surface area contributed by atoms with Gasteiger partial charge in [-0.3, -0.25) is 14.5 Å². The Morgan fingerprint density at radius 3 is 2.47 bits per heavy atom. The second kappa shape index (κ2) is 8.56. The fraction of sp³-hybridized carbons (Fsp3) is 0.550. The predicted octanol–water partition coefficient (Wildman–Crippen LogP) is 4.53. The number of ether oxygens (including phenoxy) is 2. The monoisotopic (exact) mass is 511 g/mol. The van der Waals surface area contributed by atoms with E-state index in [1.165, 1.54) is 17.3 Å². The molecule has 2 fully saturated rings. The summed E-state index contributed by atoms with van der Waals surface area (Å²) in [6.07, 6.45) is -9.21. The Bertz CT molecular complexity index is 1100. The Balaban J connectivity index is 1.40. The highest BCUT2D eigenvalue weighted by molar-refractivity contribution is 7.17. The van der Waals surface area contributed by atoms with Crippen LogP contribution in [0.5, 0.6) is 0 Å². The zero-order valence-corrected chi connectivity index (χ0v) is 18.5. The molecule has 0 atom stereocenters. The highest BCUT2D eigenvalue weighted by Gasteiger charge is 2.55. The van der Waals surface area contributed by atoms with Gasteiger partial charge in [-0.15, -0.1) is 24.5 Å². The molecule has 1 aliphatic carbocycles. The van der Waals surface area contributed by atoms with E-state index in [0.29, 0.717) is 25.9 Å². The number of aromatic nitrogens is 1. The van der Waals surface area contributed by atoms with Crippen molar-refractivity contribution < 1.29 is 45.4 Å². The molecule has 14 heteroatoms. The second-order valence-corrected chi connectivity index (χ2v) is 9.25. The lowest BCUT2D eigenvalue weighted by atomic mass is 9.57. The van der Waals surface area contributed by atoms with Crippen LogP contribution in [-0.2, 0) is 15.7 Å². The Labute approximate surface area is 193 Å². The van der Waals surface area contributed by atoms with Crippen molar-refractivity contribution in [3.8, 4) is 0 Å². The second-order valence-electron chi connectivity index (χ2n) is 8.37. The Morgan fingerprint density at radius 1 is 1.21 bits per heavy atom. The van der Waals surface area contributed by atoms with Gasteiger partial charge < -0.3 is 15.0 Å². The fourth-order valence-corrected chi connectivity index (χ4v) is 5.49. The zero-order chi connectivity index (χ0) is 24.9. The first-order chi connectivity index (χ1) is 15.8. The van der Waals surface area contributed by atoms with Gasteiger partial charge in [0.1, 0.15) is 6.61 Å². The third-order valence-corrected chi connectivity index (χ3v) is 6.98. The summed E-state index contributed by atoms with van der Waals surface area (Å²) in [5, 5.41) is 3.75. The lowest BCUT2D eigenvalue weighted by molar-refractivity contribution is -0.326. The molecule has 1 N–H and O–H groups in total. The van der Waals surface area contributed by atoms with Gasteiger partial charge in [0.15, 0.2) is 0 Å². The number of amides is 2. The van der Waals surface area contributed by atoms with Crippen LogP contribution in [0, 0.1) is 5.41 Å². The van der Waals surface area contributed by atoms with Crippen molar-refractivity contribution >= 4 is 33.6 Å². The molecule has 3 heterocycles. The minimum Gasteiger partial charge on any atom is -0.447 e. The van der Waals surface area contributed by atoms with E-state index >= 15 is 0 Å². The van der Waals surface area contributed by atoms with Crippen molar-refractivity contribution in [1.82, 2.24) is 15.2 Å². The summed E-state index contributed by atoms with van der Waals surface area (Å²) in [5.41, 5.74) is -0.807.